The lowest BCUT2D eigenvalue weighted by Crippen LogP contribution is -2.40. The highest BCUT2D eigenvalue weighted by Gasteiger charge is 2.49. The summed E-state index contributed by atoms with van der Waals surface area (Å²) in [5.74, 6) is -1.91. The normalized spacial score (nSPS) is 20.8. The van der Waals surface area contributed by atoms with Gasteiger partial charge in [0.2, 0.25) is 5.91 Å². The predicted octanol–water partition coefficient (Wildman–Crippen LogP) is 1.49. The number of esters is 2. The summed E-state index contributed by atoms with van der Waals surface area (Å²) in [4.78, 5) is 39.5. The van der Waals surface area contributed by atoms with Crippen molar-refractivity contribution in [2.45, 2.75) is 18.1 Å². The molecule has 30 heavy (non-hydrogen) atoms. The van der Waals surface area contributed by atoms with Crippen LogP contribution in [0.1, 0.15) is 18.4 Å². The molecule has 9 nitrogen and oxygen atoms in total. The number of hydrogen-bond acceptors (Lipinski definition) is 9. The second-order valence-electron chi connectivity index (χ2n) is 6.48. The van der Waals surface area contributed by atoms with E-state index < -0.39 is 23.1 Å². The van der Waals surface area contributed by atoms with E-state index in [1.165, 1.54) is 45.1 Å². The topological polar surface area (TPSA) is 117 Å². The highest BCUT2D eigenvalue weighted by atomic mass is 32.2. The number of benzene rings is 1. The molecule has 1 fully saturated rings. The number of amides is 1. The number of ether oxygens (including phenoxy) is 4. The van der Waals surface area contributed by atoms with Gasteiger partial charge in [0.25, 0.3) is 0 Å². The number of carbonyl (C=O) groups excluding carboxylic acids is 3. The minimum atomic E-state index is -0.929. The maximum absolute atomic E-state index is 12.8. The molecular formula is C20H22N2O7S. The van der Waals surface area contributed by atoms with Crippen molar-refractivity contribution < 1.29 is 33.3 Å². The fraction of sp³-hybridized carbons (Fsp3) is 0.350. The van der Waals surface area contributed by atoms with Crippen LogP contribution in [0.3, 0.4) is 0 Å². The van der Waals surface area contributed by atoms with E-state index >= 15 is 0 Å². The average Bonchev–Trinajstić information content (AvgIpc) is 3.06. The first kappa shape index (κ1) is 21.6. The first-order valence-electron chi connectivity index (χ1n) is 8.93. The van der Waals surface area contributed by atoms with Crippen LogP contribution in [0.15, 0.2) is 40.2 Å². The number of fused-ring (bicyclic) bond motifs is 1. The number of nitrogens with zero attached hydrogens (tertiary/aromatic N) is 1. The van der Waals surface area contributed by atoms with Crippen LogP contribution < -0.4 is 15.2 Å². The van der Waals surface area contributed by atoms with E-state index in [1.807, 2.05) is 0 Å². The molecule has 1 saturated heterocycles. The maximum atomic E-state index is 12.8. The molecular weight excluding hydrogens is 412 g/mol. The first-order valence-corrected chi connectivity index (χ1v) is 9.81. The number of carbonyl (C=O) groups is 3. The van der Waals surface area contributed by atoms with Gasteiger partial charge in [-0.3, -0.25) is 9.69 Å². The molecule has 2 atom stereocenters. The molecule has 2 aliphatic heterocycles. The van der Waals surface area contributed by atoms with Gasteiger partial charge in [-0.15, -0.1) is 0 Å². The Morgan fingerprint density at radius 1 is 1.00 bits per heavy atom. The quantitative estimate of drug-likeness (QED) is 0.688. The van der Waals surface area contributed by atoms with Gasteiger partial charge in [-0.05, 0) is 24.6 Å². The molecule has 0 bridgehead atoms. The van der Waals surface area contributed by atoms with Crippen LogP contribution in [0, 0.1) is 0 Å². The van der Waals surface area contributed by atoms with Crippen molar-refractivity contribution >= 4 is 29.6 Å². The lowest BCUT2D eigenvalue weighted by atomic mass is 9.82. The molecule has 10 heteroatoms. The third-order valence-corrected chi connectivity index (χ3v) is 6.12. The Kier molecular flexibility index (Phi) is 5.97. The molecule has 160 valence electrons. The summed E-state index contributed by atoms with van der Waals surface area (Å²) in [6.45, 7) is 1.70. The molecule has 1 aromatic rings. The second-order valence-corrected chi connectivity index (χ2v) is 7.81. The number of rotatable bonds is 5. The van der Waals surface area contributed by atoms with Crippen molar-refractivity contribution in [1.29, 1.82) is 0 Å². The van der Waals surface area contributed by atoms with Crippen LogP contribution in [0.2, 0.25) is 0 Å². The van der Waals surface area contributed by atoms with E-state index in [0.29, 0.717) is 22.1 Å². The molecule has 2 heterocycles. The van der Waals surface area contributed by atoms with Crippen LogP contribution in [0.5, 0.6) is 11.5 Å². The van der Waals surface area contributed by atoms with Crippen LogP contribution in [0.4, 0.5) is 0 Å². The Bertz CT molecular complexity index is 985. The fourth-order valence-corrected chi connectivity index (χ4v) is 4.68. The van der Waals surface area contributed by atoms with Gasteiger partial charge in [0, 0.05) is 0 Å². The van der Waals surface area contributed by atoms with Crippen LogP contribution >= 0.6 is 11.8 Å². The summed E-state index contributed by atoms with van der Waals surface area (Å²) >= 11 is 1.18. The summed E-state index contributed by atoms with van der Waals surface area (Å²) in [5.41, 5.74) is 6.90. The van der Waals surface area contributed by atoms with Gasteiger partial charge in [-0.2, -0.15) is 0 Å². The summed E-state index contributed by atoms with van der Waals surface area (Å²) in [6, 6.07) is 4.98. The minimum absolute atomic E-state index is 0.0306. The van der Waals surface area contributed by atoms with E-state index in [4.69, 9.17) is 24.7 Å². The Hall–Kier alpha value is -3.14. The predicted molar refractivity (Wildman–Crippen MR) is 108 cm³/mol. The number of nitrogens with two attached hydrogens (primary N) is 1. The van der Waals surface area contributed by atoms with Crippen molar-refractivity contribution in [1.82, 2.24) is 4.90 Å². The van der Waals surface area contributed by atoms with Crippen molar-refractivity contribution in [3.8, 4) is 11.5 Å². The van der Waals surface area contributed by atoms with Gasteiger partial charge in [-0.25, -0.2) is 9.59 Å². The number of hydrogen-bond donors (Lipinski definition) is 1. The Labute approximate surface area is 177 Å². The largest absolute Gasteiger partial charge is 0.493 e. The third kappa shape index (κ3) is 3.26. The zero-order valence-electron chi connectivity index (χ0n) is 17.2. The molecule has 1 aromatic carbocycles. The fourth-order valence-electron chi connectivity index (χ4n) is 3.51. The first-order chi connectivity index (χ1) is 14.3. The monoisotopic (exact) mass is 434 g/mol. The van der Waals surface area contributed by atoms with Crippen LogP contribution in [-0.2, 0) is 23.9 Å². The van der Waals surface area contributed by atoms with Crippen LogP contribution in [0.25, 0.3) is 0 Å². The third-order valence-electron chi connectivity index (χ3n) is 4.94. The molecule has 2 unspecified atom stereocenters. The molecule has 0 aliphatic carbocycles. The van der Waals surface area contributed by atoms with Crippen molar-refractivity contribution in [3.05, 3.63) is 45.8 Å². The minimum Gasteiger partial charge on any atom is -0.493 e. The zero-order valence-corrected chi connectivity index (χ0v) is 18.0. The SMILES string of the molecule is COC(=O)C1=C(N)N2C(=O)C(C)SC2=C(C(=O)OC)C1c1ccc(OC)c(OC)c1. The number of methoxy groups -OCH3 is 4. The van der Waals surface area contributed by atoms with E-state index in [1.54, 1.807) is 25.1 Å². The second kappa shape index (κ2) is 8.31. The average molecular weight is 434 g/mol. The molecule has 2 N–H and O–H groups in total. The Balaban J connectivity index is 2.33. The molecule has 0 saturated carbocycles. The Morgan fingerprint density at radius 2 is 1.60 bits per heavy atom. The van der Waals surface area contributed by atoms with E-state index in [0.717, 1.165) is 0 Å². The maximum Gasteiger partial charge on any atom is 0.338 e. The molecule has 0 radical (unpaired) electrons. The van der Waals surface area contributed by atoms with E-state index in [2.05, 4.69) is 0 Å². The molecule has 2 aliphatic rings. The van der Waals surface area contributed by atoms with Crippen molar-refractivity contribution in [3.63, 3.8) is 0 Å². The summed E-state index contributed by atoms with van der Waals surface area (Å²) in [7, 11) is 5.41. The standard InChI is InChI=1S/C20H22N2O7S/c1-9-17(23)22-16(21)14(19(24)28-4)13(15(18(22)30-9)20(25)29-5)10-6-7-11(26-2)12(8-10)27-3/h6-9,13H,21H2,1-5H3. The van der Waals surface area contributed by atoms with E-state index in [9.17, 15) is 14.4 Å². The van der Waals surface area contributed by atoms with Gasteiger partial charge in [0.1, 0.15) is 5.82 Å². The zero-order chi connectivity index (χ0) is 22.2. The molecule has 1 amide bonds. The van der Waals surface area contributed by atoms with Crippen LogP contribution in [-0.4, -0.2) is 56.4 Å². The lowest BCUT2D eigenvalue weighted by Gasteiger charge is -2.33. The van der Waals surface area contributed by atoms with Gasteiger partial charge < -0.3 is 24.7 Å². The van der Waals surface area contributed by atoms with Gasteiger partial charge in [-0.1, -0.05) is 17.8 Å². The summed E-state index contributed by atoms with van der Waals surface area (Å²) in [5, 5.41) is -0.148. The lowest BCUT2D eigenvalue weighted by molar-refractivity contribution is -0.137. The van der Waals surface area contributed by atoms with Gasteiger partial charge in [0.15, 0.2) is 11.5 Å². The smallest absolute Gasteiger partial charge is 0.338 e. The Morgan fingerprint density at radius 3 is 2.17 bits per heavy atom. The highest BCUT2D eigenvalue weighted by Crippen LogP contribution is 2.50. The molecule has 0 spiro atoms. The van der Waals surface area contributed by atoms with Crippen molar-refractivity contribution in [2.75, 3.05) is 28.4 Å². The summed E-state index contributed by atoms with van der Waals surface area (Å²) < 4.78 is 20.6. The van der Waals surface area contributed by atoms with E-state index in [-0.39, 0.29) is 22.9 Å². The highest BCUT2D eigenvalue weighted by molar-refractivity contribution is 8.04. The van der Waals surface area contributed by atoms with Crippen molar-refractivity contribution in [2.24, 2.45) is 5.73 Å². The molecule has 0 aromatic heterocycles. The van der Waals surface area contributed by atoms with Gasteiger partial charge >= 0.3 is 11.9 Å². The summed E-state index contributed by atoms with van der Waals surface area (Å²) in [6.07, 6.45) is 0. The molecule has 3 rings (SSSR count). The van der Waals surface area contributed by atoms with Gasteiger partial charge in [0.05, 0.1) is 55.8 Å². The number of thioether (sulfide) groups is 1.